The van der Waals surface area contributed by atoms with E-state index in [1.807, 2.05) is 36.1 Å². The van der Waals surface area contributed by atoms with Crippen LogP contribution in [0.1, 0.15) is 43.0 Å². The summed E-state index contributed by atoms with van der Waals surface area (Å²) in [5, 5.41) is 6.58. The van der Waals surface area contributed by atoms with Crippen molar-refractivity contribution in [3.63, 3.8) is 0 Å². The van der Waals surface area contributed by atoms with Gasteiger partial charge in [0.25, 0.3) is 10.7 Å². The van der Waals surface area contributed by atoms with Crippen LogP contribution in [-0.4, -0.2) is 33.6 Å². The van der Waals surface area contributed by atoms with E-state index in [2.05, 4.69) is 10.2 Å². The van der Waals surface area contributed by atoms with Crippen molar-refractivity contribution < 1.29 is 9.21 Å². The molecule has 0 radical (unpaired) electrons. The molecule has 3 rings (SSSR count). The number of benzene rings is 1. The van der Waals surface area contributed by atoms with Crippen molar-refractivity contribution in [2.45, 2.75) is 38.6 Å². The Balaban J connectivity index is 1.79. The fourth-order valence-electron chi connectivity index (χ4n) is 3.06. The Morgan fingerprint density at radius 2 is 2.05 bits per heavy atom. The average molecular weight is 317 g/mol. The highest BCUT2D eigenvalue weighted by Gasteiger charge is 2.26. The molecular formula is C16H19N3O2S. The maximum Gasteiger partial charge on any atom is 0.284 e. The molecule has 1 aromatic heterocycles. The summed E-state index contributed by atoms with van der Waals surface area (Å²) in [6.45, 7) is 2.79. The molecule has 1 aliphatic rings. The zero-order valence-electron chi connectivity index (χ0n) is 12.5. The van der Waals surface area contributed by atoms with Crippen molar-refractivity contribution in [3.05, 3.63) is 34.7 Å². The van der Waals surface area contributed by atoms with Gasteiger partial charge in [0.2, 0.25) is 5.89 Å². The SMILES string of the molecule is CCN(C(=O)c1ccc(-c2n[nH]c(=S)o2)cc1)C1CCCC1. The third-order valence-corrected chi connectivity index (χ3v) is 4.36. The van der Waals surface area contributed by atoms with Gasteiger partial charge in [-0.25, -0.2) is 5.10 Å². The third-order valence-electron chi connectivity index (χ3n) is 4.18. The Hall–Kier alpha value is -1.95. The van der Waals surface area contributed by atoms with Crippen LogP contribution in [0.3, 0.4) is 0 Å². The summed E-state index contributed by atoms with van der Waals surface area (Å²) in [7, 11) is 0. The lowest BCUT2D eigenvalue weighted by Gasteiger charge is -2.27. The fraction of sp³-hybridized carbons (Fsp3) is 0.438. The summed E-state index contributed by atoms with van der Waals surface area (Å²) >= 11 is 4.87. The summed E-state index contributed by atoms with van der Waals surface area (Å²) in [4.78, 5) is 14.9. The molecule has 0 atom stereocenters. The van der Waals surface area contributed by atoms with E-state index in [-0.39, 0.29) is 10.7 Å². The molecule has 1 fully saturated rings. The first kappa shape index (κ1) is 15.0. The predicted molar refractivity (Wildman–Crippen MR) is 86.1 cm³/mol. The molecule has 2 aromatic rings. The second-order valence-electron chi connectivity index (χ2n) is 5.53. The van der Waals surface area contributed by atoms with Crippen molar-refractivity contribution in [2.75, 3.05) is 6.54 Å². The van der Waals surface area contributed by atoms with Gasteiger partial charge in [0.15, 0.2) is 0 Å². The second kappa shape index (κ2) is 6.44. The average Bonchev–Trinajstić information content (AvgIpc) is 3.20. The van der Waals surface area contributed by atoms with Crippen LogP contribution in [0.15, 0.2) is 28.7 Å². The number of nitrogens with one attached hydrogen (secondary N) is 1. The largest absolute Gasteiger partial charge is 0.409 e. The summed E-state index contributed by atoms with van der Waals surface area (Å²) in [5.74, 6) is 0.538. The number of aromatic nitrogens is 2. The number of rotatable bonds is 4. The highest BCUT2D eigenvalue weighted by Crippen LogP contribution is 2.25. The normalized spacial score (nSPS) is 15.1. The molecule has 1 saturated carbocycles. The number of carbonyl (C=O) groups is 1. The Bertz CT molecular complexity index is 699. The molecule has 22 heavy (non-hydrogen) atoms. The maximum atomic E-state index is 12.7. The van der Waals surface area contributed by atoms with Crippen LogP contribution in [0.2, 0.25) is 0 Å². The zero-order valence-corrected chi connectivity index (χ0v) is 13.4. The number of H-pyrrole nitrogens is 1. The van der Waals surface area contributed by atoms with E-state index in [1.54, 1.807) is 0 Å². The molecule has 0 unspecified atom stereocenters. The van der Waals surface area contributed by atoms with Crippen LogP contribution >= 0.6 is 12.2 Å². The van der Waals surface area contributed by atoms with Crippen LogP contribution in [0.5, 0.6) is 0 Å². The molecule has 1 amide bonds. The van der Waals surface area contributed by atoms with Gasteiger partial charge in [-0.1, -0.05) is 12.8 Å². The van der Waals surface area contributed by atoms with E-state index in [0.29, 0.717) is 17.5 Å². The number of hydrogen-bond acceptors (Lipinski definition) is 4. The van der Waals surface area contributed by atoms with Crippen molar-refractivity contribution in [3.8, 4) is 11.5 Å². The van der Waals surface area contributed by atoms with E-state index in [9.17, 15) is 4.79 Å². The van der Waals surface area contributed by atoms with Gasteiger partial charge in [-0.2, -0.15) is 0 Å². The van der Waals surface area contributed by atoms with Gasteiger partial charge < -0.3 is 9.32 Å². The van der Waals surface area contributed by atoms with E-state index in [0.717, 1.165) is 24.9 Å². The first-order valence-electron chi connectivity index (χ1n) is 7.66. The minimum absolute atomic E-state index is 0.101. The number of hydrogen-bond donors (Lipinski definition) is 1. The van der Waals surface area contributed by atoms with Gasteiger partial charge in [0.1, 0.15) is 0 Å². The quantitative estimate of drug-likeness (QED) is 0.871. The molecule has 116 valence electrons. The molecule has 1 aromatic carbocycles. The standard InChI is InChI=1S/C16H19N3O2S/c1-2-19(13-5-3-4-6-13)15(20)12-9-7-11(8-10-12)14-17-18-16(22)21-14/h7-10,13H,2-6H2,1H3,(H,18,22). The smallest absolute Gasteiger partial charge is 0.284 e. The van der Waals surface area contributed by atoms with E-state index >= 15 is 0 Å². The number of nitrogens with zero attached hydrogens (tertiary/aromatic N) is 2. The molecule has 1 aliphatic carbocycles. The van der Waals surface area contributed by atoms with Crippen molar-refractivity contribution >= 4 is 18.1 Å². The Morgan fingerprint density at radius 1 is 1.36 bits per heavy atom. The van der Waals surface area contributed by atoms with Crippen molar-refractivity contribution in [2.24, 2.45) is 0 Å². The third kappa shape index (κ3) is 2.97. The van der Waals surface area contributed by atoms with Gasteiger partial charge in [-0.05, 0) is 56.2 Å². The van der Waals surface area contributed by atoms with Crippen molar-refractivity contribution in [1.82, 2.24) is 15.1 Å². The Labute approximate surface area is 134 Å². The molecular weight excluding hydrogens is 298 g/mol. The van der Waals surface area contributed by atoms with Gasteiger partial charge in [0, 0.05) is 23.7 Å². The summed E-state index contributed by atoms with van der Waals surface area (Å²) in [6, 6.07) is 7.71. The van der Waals surface area contributed by atoms with E-state index < -0.39 is 0 Å². The minimum Gasteiger partial charge on any atom is -0.409 e. The molecule has 5 nitrogen and oxygen atoms in total. The lowest BCUT2D eigenvalue weighted by Crippen LogP contribution is -2.38. The summed E-state index contributed by atoms with van der Waals surface area (Å²) in [5.41, 5.74) is 1.50. The van der Waals surface area contributed by atoms with Gasteiger partial charge in [-0.3, -0.25) is 4.79 Å². The van der Waals surface area contributed by atoms with Crippen LogP contribution < -0.4 is 0 Å². The van der Waals surface area contributed by atoms with Gasteiger partial charge in [-0.15, -0.1) is 5.10 Å². The first-order chi connectivity index (χ1) is 10.7. The predicted octanol–water partition coefficient (Wildman–Crippen LogP) is 3.80. The highest BCUT2D eigenvalue weighted by molar-refractivity contribution is 7.71. The fourth-order valence-corrected chi connectivity index (χ4v) is 3.18. The number of carbonyl (C=O) groups excluding carboxylic acids is 1. The highest BCUT2D eigenvalue weighted by atomic mass is 32.1. The van der Waals surface area contributed by atoms with E-state index in [4.69, 9.17) is 16.6 Å². The summed E-state index contributed by atoms with van der Waals surface area (Å²) < 4.78 is 5.27. The number of amides is 1. The molecule has 0 aliphatic heterocycles. The second-order valence-corrected chi connectivity index (χ2v) is 5.90. The topological polar surface area (TPSA) is 62.1 Å². The zero-order chi connectivity index (χ0) is 15.5. The monoisotopic (exact) mass is 317 g/mol. The van der Waals surface area contributed by atoms with Crippen LogP contribution in [-0.2, 0) is 0 Å². The molecule has 0 spiro atoms. The minimum atomic E-state index is 0.101. The number of aromatic amines is 1. The Morgan fingerprint density at radius 3 is 2.59 bits per heavy atom. The molecule has 0 saturated heterocycles. The molecule has 0 bridgehead atoms. The van der Waals surface area contributed by atoms with Gasteiger partial charge in [0.05, 0.1) is 0 Å². The van der Waals surface area contributed by atoms with E-state index in [1.165, 1.54) is 12.8 Å². The molecule has 6 heteroatoms. The first-order valence-corrected chi connectivity index (χ1v) is 8.06. The van der Waals surface area contributed by atoms with Crippen LogP contribution in [0.25, 0.3) is 11.5 Å². The lowest BCUT2D eigenvalue weighted by molar-refractivity contribution is 0.0693. The Kier molecular flexibility index (Phi) is 4.38. The van der Waals surface area contributed by atoms with Crippen molar-refractivity contribution in [1.29, 1.82) is 0 Å². The van der Waals surface area contributed by atoms with Crippen LogP contribution in [0, 0.1) is 4.84 Å². The van der Waals surface area contributed by atoms with Crippen LogP contribution in [0.4, 0.5) is 0 Å². The van der Waals surface area contributed by atoms with Gasteiger partial charge >= 0.3 is 0 Å². The molecule has 1 heterocycles. The summed E-state index contributed by atoms with van der Waals surface area (Å²) in [6.07, 6.45) is 4.67. The molecule has 1 N–H and O–H groups in total. The maximum absolute atomic E-state index is 12.7. The lowest BCUT2D eigenvalue weighted by atomic mass is 10.1.